The van der Waals surface area contributed by atoms with Crippen molar-refractivity contribution in [2.24, 2.45) is 0 Å². The number of hydrogen-bond acceptors (Lipinski definition) is 7. The van der Waals surface area contributed by atoms with E-state index in [4.69, 9.17) is 4.42 Å². The molecule has 23 heavy (non-hydrogen) atoms. The SMILES string of the molecule is O=C(CN1CCC(c2nnc(C3CC3)o2)CC1)Nc1nccs1. The van der Waals surface area contributed by atoms with Crippen LogP contribution in [0.25, 0.3) is 0 Å². The highest BCUT2D eigenvalue weighted by molar-refractivity contribution is 7.13. The Morgan fingerprint density at radius 2 is 1.91 bits per heavy atom. The van der Waals surface area contributed by atoms with E-state index in [0.29, 0.717) is 23.5 Å². The van der Waals surface area contributed by atoms with Gasteiger partial charge in [0.2, 0.25) is 17.7 Å². The quantitative estimate of drug-likeness (QED) is 0.903. The van der Waals surface area contributed by atoms with Crippen molar-refractivity contribution in [1.82, 2.24) is 20.1 Å². The van der Waals surface area contributed by atoms with Crippen molar-refractivity contribution in [2.45, 2.75) is 37.5 Å². The van der Waals surface area contributed by atoms with E-state index in [-0.39, 0.29) is 5.91 Å². The zero-order chi connectivity index (χ0) is 15.6. The molecule has 2 aliphatic rings. The molecule has 1 saturated heterocycles. The van der Waals surface area contributed by atoms with Gasteiger partial charge in [0.05, 0.1) is 6.54 Å². The van der Waals surface area contributed by atoms with Gasteiger partial charge in [-0.05, 0) is 38.8 Å². The van der Waals surface area contributed by atoms with Gasteiger partial charge in [-0.15, -0.1) is 21.5 Å². The number of carbonyl (C=O) groups excluding carboxylic acids is 1. The van der Waals surface area contributed by atoms with E-state index in [1.54, 1.807) is 6.20 Å². The van der Waals surface area contributed by atoms with Crippen LogP contribution < -0.4 is 5.32 Å². The van der Waals surface area contributed by atoms with Gasteiger partial charge in [0, 0.05) is 23.4 Å². The summed E-state index contributed by atoms with van der Waals surface area (Å²) in [5.74, 6) is 2.41. The molecule has 4 rings (SSSR count). The minimum Gasteiger partial charge on any atom is -0.425 e. The smallest absolute Gasteiger partial charge is 0.240 e. The highest BCUT2D eigenvalue weighted by Gasteiger charge is 2.31. The summed E-state index contributed by atoms with van der Waals surface area (Å²) in [4.78, 5) is 18.2. The summed E-state index contributed by atoms with van der Waals surface area (Å²) >= 11 is 1.43. The topological polar surface area (TPSA) is 84.2 Å². The lowest BCUT2D eigenvalue weighted by molar-refractivity contribution is -0.117. The Morgan fingerprint density at radius 3 is 2.52 bits per heavy atom. The van der Waals surface area contributed by atoms with Crippen LogP contribution in [0, 0.1) is 0 Å². The fourth-order valence-electron chi connectivity index (χ4n) is 2.89. The second-order valence-corrected chi connectivity index (χ2v) is 7.08. The summed E-state index contributed by atoms with van der Waals surface area (Å²) in [6, 6.07) is 0. The minimum absolute atomic E-state index is 0.00721. The summed E-state index contributed by atoms with van der Waals surface area (Å²) in [5.41, 5.74) is 0. The third-order valence-electron chi connectivity index (χ3n) is 4.37. The van der Waals surface area contributed by atoms with E-state index in [9.17, 15) is 4.79 Å². The second-order valence-electron chi connectivity index (χ2n) is 6.19. The normalized spacial score (nSPS) is 19.8. The van der Waals surface area contributed by atoms with Crippen LogP contribution in [0.3, 0.4) is 0 Å². The monoisotopic (exact) mass is 333 g/mol. The Labute approximate surface area is 138 Å². The van der Waals surface area contributed by atoms with Gasteiger partial charge in [0.15, 0.2) is 5.13 Å². The number of piperidine rings is 1. The van der Waals surface area contributed by atoms with Crippen LogP contribution in [-0.2, 0) is 4.79 Å². The zero-order valence-corrected chi connectivity index (χ0v) is 13.6. The molecule has 122 valence electrons. The third-order valence-corrected chi connectivity index (χ3v) is 5.05. The first kappa shape index (κ1) is 14.8. The molecular formula is C15H19N5O2S. The van der Waals surface area contributed by atoms with Gasteiger partial charge in [0.25, 0.3) is 0 Å². The fourth-order valence-corrected chi connectivity index (χ4v) is 3.44. The molecule has 0 atom stereocenters. The summed E-state index contributed by atoms with van der Waals surface area (Å²) in [7, 11) is 0. The third kappa shape index (κ3) is 3.59. The number of nitrogens with zero attached hydrogens (tertiary/aromatic N) is 4. The molecule has 1 saturated carbocycles. The van der Waals surface area contributed by atoms with Crippen LogP contribution in [0.4, 0.5) is 5.13 Å². The largest absolute Gasteiger partial charge is 0.425 e. The molecule has 0 unspecified atom stereocenters. The molecule has 8 heteroatoms. The molecule has 0 spiro atoms. The number of amides is 1. The number of carbonyl (C=O) groups is 1. The van der Waals surface area contributed by atoms with Crippen molar-refractivity contribution in [3.05, 3.63) is 23.4 Å². The predicted molar refractivity (Wildman–Crippen MR) is 85.4 cm³/mol. The molecule has 7 nitrogen and oxygen atoms in total. The molecule has 3 heterocycles. The lowest BCUT2D eigenvalue weighted by Crippen LogP contribution is -2.38. The van der Waals surface area contributed by atoms with Crippen molar-refractivity contribution in [2.75, 3.05) is 25.0 Å². The highest BCUT2D eigenvalue weighted by atomic mass is 32.1. The van der Waals surface area contributed by atoms with Gasteiger partial charge in [0.1, 0.15) is 0 Å². The average Bonchev–Trinajstić information content (AvgIpc) is 3.07. The first-order valence-corrected chi connectivity index (χ1v) is 8.91. The molecule has 1 aliphatic heterocycles. The van der Waals surface area contributed by atoms with E-state index in [2.05, 4.69) is 25.4 Å². The van der Waals surface area contributed by atoms with E-state index in [1.165, 1.54) is 24.2 Å². The van der Waals surface area contributed by atoms with Crippen LogP contribution in [0.15, 0.2) is 16.0 Å². The maximum absolute atomic E-state index is 12.0. The van der Waals surface area contributed by atoms with Gasteiger partial charge in [-0.25, -0.2) is 4.98 Å². The van der Waals surface area contributed by atoms with Crippen molar-refractivity contribution >= 4 is 22.4 Å². The van der Waals surface area contributed by atoms with Crippen molar-refractivity contribution in [3.8, 4) is 0 Å². The Kier molecular flexibility index (Phi) is 4.09. The van der Waals surface area contributed by atoms with Gasteiger partial charge in [-0.1, -0.05) is 0 Å². The maximum atomic E-state index is 12.0. The Hall–Kier alpha value is -1.80. The zero-order valence-electron chi connectivity index (χ0n) is 12.8. The van der Waals surface area contributed by atoms with Crippen molar-refractivity contribution in [1.29, 1.82) is 0 Å². The number of hydrogen-bond donors (Lipinski definition) is 1. The van der Waals surface area contributed by atoms with E-state index < -0.39 is 0 Å². The second kappa shape index (κ2) is 6.37. The Balaban J connectivity index is 1.26. The summed E-state index contributed by atoms with van der Waals surface area (Å²) in [6.07, 6.45) is 5.95. The molecule has 2 fully saturated rings. The number of thiazole rings is 1. The first-order valence-electron chi connectivity index (χ1n) is 8.03. The highest BCUT2D eigenvalue weighted by Crippen LogP contribution is 2.40. The summed E-state index contributed by atoms with van der Waals surface area (Å²) < 4.78 is 5.81. The molecule has 0 radical (unpaired) electrons. The number of anilines is 1. The predicted octanol–water partition coefficient (Wildman–Crippen LogP) is 2.22. The Bertz CT molecular complexity index is 659. The number of aromatic nitrogens is 3. The fraction of sp³-hybridized carbons (Fsp3) is 0.600. The maximum Gasteiger partial charge on any atom is 0.240 e. The molecule has 0 aromatic carbocycles. The standard InChI is InChI=1S/C15H19N5O2S/c21-12(17-15-16-5-8-23-15)9-20-6-3-11(4-7-20)14-19-18-13(22-14)10-1-2-10/h5,8,10-11H,1-4,6-7,9H2,(H,16,17,21). The van der Waals surface area contributed by atoms with Crippen molar-refractivity contribution in [3.63, 3.8) is 0 Å². The molecule has 0 bridgehead atoms. The van der Waals surface area contributed by atoms with Gasteiger partial charge in [-0.2, -0.15) is 0 Å². The molecular weight excluding hydrogens is 314 g/mol. The lowest BCUT2D eigenvalue weighted by atomic mass is 9.97. The molecule has 1 N–H and O–H groups in total. The number of likely N-dealkylation sites (tertiary alicyclic amines) is 1. The van der Waals surface area contributed by atoms with Crippen LogP contribution in [-0.4, -0.2) is 45.6 Å². The summed E-state index contributed by atoms with van der Waals surface area (Å²) in [6.45, 7) is 2.15. The molecule has 1 aliphatic carbocycles. The molecule has 2 aromatic rings. The van der Waals surface area contributed by atoms with Gasteiger partial charge >= 0.3 is 0 Å². The Morgan fingerprint density at radius 1 is 1.22 bits per heavy atom. The van der Waals surface area contributed by atoms with Crippen molar-refractivity contribution < 1.29 is 9.21 Å². The van der Waals surface area contributed by atoms with Gasteiger partial charge < -0.3 is 9.73 Å². The molecule has 1 amide bonds. The van der Waals surface area contributed by atoms with E-state index in [0.717, 1.165) is 37.7 Å². The molecule has 2 aromatic heterocycles. The number of rotatable bonds is 5. The van der Waals surface area contributed by atoms with Gasteiger partial charge in [-0.3, -0.25) is 9.69 Å². The van der Waals surface area contributed by atoms with E-state index >= 15 is 0 Å². The van der Waals surface area contributed by atoms with Crippen LogP contribution in [0.2, 0.25) is 0 Å². The minimum atomic E-state index is -0.00721. The number of nitrogens with one attached hydrogen (secondary N) is 1. The van der Waals surface area contributed by atoms with E-state index in [1.807, 2.05) is 5.38 Å². The lowest BCUT2D eigenvalue weighted by Gasteiger charge is -2.29. The first-order chi connectivity index (χ1) is 11.3. The van der Waals surface area contributed by atoms with Crippen LogP contribution in [0.1, 0.15) is 49.3 Å². The average molecular weight is 333 g/mol. The van der Waals surface area contributed by atoms with Crippen LogP contribution in [0.5, 0.6) is 0 Å². The van der Waals surface area contributed by atoms with Crippen LogP contribution >= 0.6 is 11.3 Å². The summed E-state index contributed by atoms with van der Waals surface area (Å²) in [5, 5.41) is 13.7.